The maximum absolute atomic E-state index is 5.35. The summed E-state index contributed by atoms with van der Waals surface area (Å²) in [6, 6.07) is 9.48. The van der Waals surface area contributed by atoms with Crippen molar-refractivity contribution >= 4 is 5.69 Å². The first-order valence-electron chi connectivity index (χ1n) is 7.22. The van der Waals surface area contributed by atoms with Crippen LogP contribution in [0.2, 0.25) is 0 Å². The molecule has 1 atom stereocenters. The van der Waals surface area contributed by atoms with E-state index in [1.165, 1.54) is 19.4 Å². The minimum Gasteiger partial charge on any atom is -0.444 e. The fraction of sp³-hybridized carbons (Fsp3) is 0.438. The SMILES string of the molecule is CC(C)N1CCC(Nc2cccc(-c3cnco3)c2)C1. The molecule has 2 aromatic rings. The van der Waals surface area contributed by atoms with Gasteiger partial charge in [-0.25, -0.2) is 4.98 Å². The van der Waals surface area contributed by atoms with Crippen molar-refractivity contribution in [1.29, 1.82) is 0 Å². The van der Waals surface area contributed by atoms with Crippen LogP contribution in [0, 0.1) is 0 Å². The van der Waals surface area contributed by atoms with Gasteiger partial charge in [-0.3, -0.25) is 4.90 Å². The number of anilines is 1. The molecular weight excluding hydrogens is 250 g/mol. The molecule has 1 fully saturated rings. The Labute approximate surface area is 119 Å². The van der Waals surface area contributed by atoms with Crippen LogP contribution in [-0.4, -0.2) is 35.1 Å². The average molecular weight is 271 g/mol. The van der Waals surface area contributed by atoms with Gasteiger partial charge < -0.3 is 9.73 Å². The van der Waals surface area contributed by atoms with Crippen LogP contribution in [0.4, 0.5) is 5.69 Å². The Hall–Kier alpha value is -1.81. The van der Waals surface area contributed by atoms with Gasteiger partial charge in [-0.15, -0.1) is 0 Å². The third kappa shape index (κ3) is 2.85. The molecule has 1 aliphatic heterocycles. The third-order valence-corrected chi connectivity index (χ3v) is 3.90. The second kappa shape index (κ2) is 5.67. The Bertz CT molecular complexity index is 551. The second-order valence-electron chi connectivity index (χ2n) is 5.67. The van der Waals surface area contributed by atoms with Crippen LogP contribution in [0.25, 0.3) is 11.3 Å². The largest absolute Gasteiger partial charge is 0.444 e. The molecule has 2 heterocycles. The number of nitrogens with one attached hydrogen (secondary N) is 1. The van der Waals surface area contributed by atoms with E-state index in [0.717, 1.165) is 23.6 Å². The van der Waals surface area contributed by atoms with Gasteiger partial charge in [-0.1, -0.05) is 12.1 Å². The van der Waals surface area contributed by atoms with E-state index in [4.69, 9.17) is 4.42 Å². The molecule has 106 valence electrons. The quantitative estimate of drug-likeness (QED) is 0.927. The van der Waals surface area contributed by atoms with Gasteiger partial charge in [-0.05, 0) is 32.4 Å². The number of nitrogens with zero attached hydrogens (tertiary/aromatic N) is 2. The Balaban J connectivity index is 1.68. The first-order valence-corrected chi connectivity index (χ1v) is 7.22. The molecule has 1 unspecified atom stereocenters. The molecule has 1 saturated heterocycles. The Morgan fingerprint density at radius 3 is 3.00 bits per heavy atom. The number of rotatable bonds is 4. The van der Waals surface area contributed by atoms with Crippen LogP contribution in [0.1, 0.15) is 20.3 Å². The van der Waals surface area contributed by atoms with Gasteiger partial charge in [-0.2, -0.15) is 0 Å². The number of benzene rings is 1. The smallest absolute Gasteiger partial charge is 0.181 e. The van der Waals surface area contributed by atoms with Crippen molar-refractivity contribution in [1.82, 2.24) is 9.88 Å². The molecule has 4 heteroatoms. The predicted octanol–water partition coefficient (Wildman–Crippen LogP) is 3.24. The summed E-state index contributed by atoms with van der Waals surface area (Å²) in [6.45, 7) is 6.81. The maximum Gasteiger partial charge on any atom is 0.181 e. The molecule has 1 aromatic heterocycles. The Morgan fingerprint density at radius 2 is 2.30 bits per heavy atom. The van der Waals surface area contributed by atoms with Gasteiger partial charge in [0, 0.05) is 36.4 Å². The molecule has 0 spiro atoms. The van der Waals surface area contributed by atoms with Crippen LogP contribution < -0.4 is 5.32 Å². The summed E-state index contributed by atoms with van der Waals surface area (Å²) in [4.78, 5) is 6.48. The molecule has 3 rings (SSSR count). The zero-order valence-corrected chi connectivity index (χ0v) is 12.0. The summed E-state index contributed by atoms with van der Waals surface area (Å²) in [5, 5.41) is 3.62. The van der Waals surface area contributed by atoms with E-state index in [1.807, 2.05) is 6.07 Å². The predicted molar refractivity (Wildman–Crippen MR) is 80.7 cm³/mol. The van der Waals surface area contributed by atoms with E-state index in [1.54, 1.807) is 6.20 Å². The lowest BCUT2D eigenvalue weighted by Crippen LogP contribution is -2.31. The molecule has 0 aliphatic carbocycles. The standard InChI is InChI=1S/C16H21N3O/c1-12(2)19-7-6-15(10-19)18-14-5-3-4-13(8-14)16-9-17-11-20-16/h3-5,8-9,11-12,15,18H,6-7,10H2,1-2H3. The van der Waals surface area contributed by atoms with E-state index in [-0.39, 0.29) is 0 Å². The maximum atomic E-state index is 5.35. The van der Waals surface area contributed by atoms with Crippen molar-refractivity contribution in [2.75, 3.05) is 18.4 Å². The topological polar surface area (TPSA) is 41.3 Å². The van der Waals surface area contributed by atoms with Crippen molar-refractivity contribution in [2.45, 2.75) is 32.4 Å². The summed E-state index contributed by atoms with van der Waals surface area (Å²) in [5.74, 6) is 0.809. The highest BCUT2D eigenvalue weighted by Gasteiger charge is 2.23. The highest BCUT2D eigenvalue weighted by molar-refractivity contribution is 5.63. The number of aromatic nitrogens is 1. The Kier molecular flexibility index (Phi) is 3.74. The van der Waals surface area contributed by atoms with E-state index < -0.39 is 0 Å². The monoisotopic (exact) mass is 271 g/mol. The molecule has 1 aliphatic rings. The number of oxazole rings is 1. The second-order valence-corrected chi connectivity index (χ2v) is 5.67. The molecule has 1 N–H and O–H groups in total. The minimum atomic E-state index is 0.530. The highest BCUT2D eigenvalue weighted by atomic mass is 16.3. The number of likely N-dealkylation sites (tertiary alicyclic amines) is 1. The zero-order chi connectivity index (χ0) is 13.9. The fourth-order valence-corrected chi connectivity index (χ4v) is 2.73. The van der Waals surface area contributed by atoms with Crippen molar-refractivity contribution in [3.8, 4) is 11.3 Å². The van der Waals surface area contributed by atoms with Crippen LogP contribution >= 0.6 is 0 Å². The van der Waals surface area contributed by atoms with E-state index in [0.29, 0.717) is 12.1 Å². The summed E-state index contributed by atoms with van der Waals surface area (Å²) in [6.07, 6.45) is 4.41. The molecule has 1 aromatic carbocycles. The van der Waals surface area contributed by atoms with Crippen molar-refractivity contribution in [3.05, 3.63) is 36.9 Å². The van der Waals surface area contributed by atoms with Crippen molar-refractivity contribution < 1.29 is 4.42 Å². The molecule has 0 saturated carbocycles. The van der Waals surface area contributed by atoms with Gasteiger partial charge in [0.25, 0.3) is 0 Å². The van der Waals surface area contributed by atoms with E-state index in [9.17, 15) is 0 Å². The summed E-state index contributed by atoms with van der Waals surface area (Å²) in [5.41, 5.74) is 2.21. The van der Waals surface area contributed by atoms with Crippen molar-refractivity contribution in [2.24, 2.45) is 0 Å². The summed E-state index contributed by atoms with van der Waals surface area (Å²) >= 11 is 0. The average Bonchev–Trinajstić information content (AvgIpc) is 3.10. The van der Waals surface area contributed by atoms with E-state index >= 15 is 0 Å². The lowest BCUT2D eigenvalue weighted by molar-refractivity contribution is 0.274. The molecular formula is C16H21N3O. The minimum absolute atomic E-state index is 0.530. The molecule has 0 radical (unpaired) electrons. The fourth-order valence-electron chi connectivity index (χ4n) is 2.73. The van der Waals surface area contributed by atoms with E-state index in [2.05, 4.69) is 47.2 Å². The van der Waals surface area contributed by atoms with Crippen molar-refractivity contribution in [3.63, 3.8) is 0 Å². The highest BCUT2D eigenvalue weighted by Crippen LogP contribution is 2.24. The lowest BCUT2D eigenvalue weighted by Gasteiger charge is -2.21. The molecule has 20 heavy (non-hydrogen) atoms. The zero-order valence-electron chi connectivity index (χ0n) is 12.0. The van der Waals surface area contributed by atoms with Gasteiger partial charge in [0.05, 0.1) is 6.20 Å². The van der Waals surface area contributed by atoms with Gasteiger partial charge in [0.1, 0.15) is 0 Å². The Morgan fingerprint density at radius 1 is 1.40 bits per heavy atom. The van der Waals surface area contributed by atoms with Gasteiger partial charge in [0.2, 0.25) is 0 Å². The molecule has 4 nitrogen and oxygen atoms in total. The molecule has 0 bridgehead atoms. The lowest BCUT2D eigenvalue weighted by atomic mass is 10.1. The van der Waals surface area contributed by atoms with Gasteiger partial charge >= 0.3 is 0 Å². The summed E-state index contributed by atoms with van der Waals surface area (Å²) in [7, 11) is 0. The first kappa shape index (κ1) is 13.2. The normalized spacial score (nSPS) is 19.6. The van der Waals surface area contributed by atoms with Crippen LogP contribution in [0.3, 0.4) is 0 Å². The molecule has 0 amide bonds. The van der Waals surface area contributed by atoms with Crippen LogP contribution in [-0.2, 0) is 0 Å². The summed E-state index contributed by atoms with van der Waals surface area (Å²) < 4.78 is 5.35. The van der Waals surface area contributed by atoms with Crippen LogP contribution in [0.5, 0.6) is 0 Å². The van der Waals surface area contributed by atoms with Crippen LogP contribution in [0.15, 0.2) is 41.3 Å². The number of hydrogen-bond acceptors (Lipinski definition) is 4. The third-order valence-electron chi connectivity index (χ3n) is 3.90. The van der Waals surface area contributed by atoms with Gasteiger partial charge in [0.15, 0.2) is 12.2 Å². The first-order chi connectivity index (χ1) is 9.72. The number of hydrogen-bond donors (Lipinski definition) is 1.